The summed E-state index contributed by atoms with van der Waals surface area (Å²) in [4.78, 5) is 10.2. The molecule has 0 aliphatic heterocycles. The van der Waals surface area contributed by atoms with Gasteiger partial charge >= 0.3 is 6.16 Å². The molecule has 0 bridgehead atoms. The van der Waals surface area contributed by atoms with E-state index in [-0.39, 0.29) is 17.8 Å². The van der Waals surface area contributed by atoms with Crippen molar-refractivity contribution in [3.63, 3.8) is 0 Å². The van der Waals surface area contributed by atoms with Gasteiger partial charge in [0.05, 0.1) is 0 Å². The van der Waals surface area contributed by atoms with E-state index in [2.05, 4.69) is 4.74 Å². The van der Waals surface area contributed by atoms with Crippen molar-refractivity contribution in [2.24, 2.45) is 0 Å². The summed E-state index contributed by atoms with van der Waals surface area (Å²) in [5.41, 5.74) is 1.16. The minimum Gasteiger partial charge on any atom is -0.450 e. The second-order valence-electron chi connectivity index (χ2n) is 4.65. The Hall–Kier alpha value is -1.58. The van der Waals surface area contributed by atoms with Crippen LogP contribution in [0.4, 0.5) is 9.18 Å². The van der Waals surface area contributed by atoms with Crippen molar-refractivity contribution >= 4 is 6.16 Å². The molecule has 1 aromatic rings. The third kappa shape index (κ3) is 3.53. The normalized spacial score (nSPS) is 11.2. The summed E-state index contributed by atoms with van der Waals surface area (Å²) in [6.45, 7) is 5.76. The Labute approximate surface area is 93.9 Å². The van der Waals surface area contributed by atoms with Crippen LogP contribution in [0.15, 0.2) is 18.2 Å². The summed E-state index contributed by atoms with van der Waals surface area (Å²) < 4.78 is 17.7. The number of carboxylic acid groups (broad SMARTS) is 1. The van der Waals surface area contributed by atoms with Gasteiger partial charge in [0.15, 0.2) is 0 Å². The van der Waals surface area contributed by atoms with E-state index < -0.39 is 6.16 Å². The molecular formula is C12H15FO3. The molecule has 16 heavy (non-hydrogen) atoms. The quantitative estimate of drug-likeness (QED) is 0.787. The van der Waals surface area contributed by atoms with Gasteiger partial charge in [-0.2, -0.15) is 0 Å². The molecule has 0 fully saturated rings. The summed E-state index contributed by atoms with van der Waals surface area (Å²) in [6.07, 6.45) is -1.36. The molecule has 88 valence electrons. The summed E-state index contributed by atoms with van der Waals surface area (Å²) in [5.74, 6) is -0.378. The molecule has 0 amide bonds. The van der Waals surface area contributed by atoms with Crippen molar-refractivity contribution < 1.29 is 19.0 Å². The molecule has 0 unspecified atom stereocenters. The highest BCUT2D eigenvalue weighted by molar-refractivity contribution is 5.56. The Bertz CT molecular complexity index is 394. The van der Waals surface area contributed by atoms with Gasteiger partial charge in [-0.15, -0.1) is 0 Å². The maximum Gasteiger partial charge on any atom is 0.506 e. The van der Waals surface area contributed by atoms with E-state index in [0.717, 1.165) is 5.56 Å². The minimum atomic E-state index is -1.36. The summed E-state index contributed by atoms with van der Waals surface area (Å²) in [6, 6.07) is 4.48. The lowest BCUT2D eigenvalue weighted by molar-refractivity contribution is 0.0852. The minimum absolute atomic E-state index is 0.129. The van der Waals surface area contributed by atoms with E-state index in [1.807, 2.05) is 20.8 Å². The fraction of sp³-hybridized carbons (Fsp3) is 0.417. The number of benzene rings is 1. The molecule has 3 nitrogen and oxygen atoms in total. The van der Waals surface area contributed by atoms with Gasteiger partial charge < -0.3 is 9.84 Å². The van der Waals surface area contributed by atoms with Crippen molar-refractivity contribution in [1.29, 1.82) is 0 Å². The predicted octanol–water partition coefficient (Wildman–Crippen LogP) is 3.32. The molecule has 0 radical (unpaired) electrons. The van der Waals surface area contributed by atoms with Gasteiger partial charge in [-0.05, 0) is 28.7 Å². The Kier molecular flexibility index (Phi) is 3.52. The number of hydrogen-bond donors (Lipinski definition) is 1. The zero-order valence-corrected chi connectivity index (χ0v) is 9.58. The van der Waals surface area contributed by atoms with E-state index in [1.165, 1.54) is 12.1 Å². The van der Waals surface area contributed by atoms with Crippen LogP contribution in [-0.4, -0.2) is 11.3 Å². The standard InChI is InChI=1S/C12H15FO3/c1-12(2,3)9-4-8(5-10(13)6-9)7-16-11(14)15/h4-6H,7H2,1-3H3,(H,14,15). The van der Waals surface area contributed by atoms with Gasteiger partial charge in [-0.1, -0.05) is 26.8 Å². The highest BCUT2D eigenvalue weighted by Gasteiger charge is 2.15. The molecule has 0 aliphatic rings. The second-order valence-corrected chi connectivity index (χ2v) is 4.65. The first-order valence-electron chi connectivity index (χ1n) is 4.95. The first kappa shape index (κ1) is 12.5. The molecule has 0 saturated heterocycles. The van der Waals surface area contributed by atoms with Crippen molar-refractivity contribution in [3.8, 4) is 0 Å². The van der Waals surface area contributed by atoms with Crippen molar-refractivity contribution in [2.75, 3.05) is 0 Å². The van der Waals surface area contributed by atoms with Crippen LogP contribution in [-0.2, 0) is 16.8 Å². The lowest BCUT2D eigenvalue weighted by atomic mass is 9.86. The SMILES string of the molecule is CC(C)(C)c1cc(F)cc(COC(=O)O)c1. The average Bonchev–Trinajstić information content (AvgIpc) is 2.12. The molecular weight excluding hydrogens is 211 g/mol. The Morgan fingerprint density at radius 1 is 1.38 bits per heavy atom. The van der Waals surface area contributed by atoms with Crippen LogP contribution in [0.3, 0.4) is 0 Å². The summed E-state index contributed by atoms with van der Waals surface area (Å²) >= 11 is 0. The number of ether oxygens (including phenoxy) is 1. The van der Waals surface area contributed by atoms with Gasteiger partial charge in [0.1, 0.15) is 12.4 Å². The fourth-order valence-electron chi connectivity index (χ4n) is 1.31. The molecule has 4 heteroatoms. The van der Waals surface area contributed by atoms with E-state index in [1.54, 1.807) is 6.07 Å². The number of hydrogen-bond acceptors (Lipinski definition) is 2. The van der Waals surface area contributed by atoms with Crippen LogP contribution in [0.25, 0.3) is 0 Å². The number of carbonyl (C=O) groups is 1. The van der Waals surface area contributed by atoms with Crippen molar-refractivity contribution in [3.05, 3.63) is 35.1 Å². The summed E-state index contributed by atoms with van der Waals surface area (Å²) in [5, 5.41) is 8.36. The Morgan fingerprint density at radius 3 is 2.50 bits per heavy atom. The molecule has 0 aliphatic carbocycles. The zero-order valence-electron chi connectivity index (χ0n) is 9.58. The maximum absolute atomic E-state index is 13.3. The van der Waals surface area contributed by atoms with Crippen LogP contribution in [0, 0.1) is 5.82 Å². The van der Waals surface area contributed by atoms with Crippen LogP contribution < -0.4 is 0 Å². The van der Waals surface area contributed by atoms with Gasteiger partial charge in [0.25, 0.3) is 0 Å². The van der Waals surface area contributed by atoms with Gasteiger partial charge in [0, 0.05) is 0 Å². The van der Waals surface area contributed by atoms with E-state index in [4.69, 9.17) is 5.11 Å². The van der Waals surface area contributed by atoms with Crippen LogP contribution in [0.2, 0.25) is 0 Å². The van der Waals surface area contributed by atoms with Gasteiger partial charge in [-0.3, -0.25) is 0 Å². The second kappa shape index (κ2) is 4.51. The molecule has 0 aromatic heterocycles. The zero-order chi connectivity index (χ0) is 12.3. The first-order valence-corrected chi connectivity index (χ1v) is 4.95. The van der Waals surface area contributed by atoms with Crippen molar-refractivity contribution in [2.45, 2.75) is 32.8 Å². The maximum atomic E-state index is 13.3. The van der Waals surface area contributed by atoms with E-state index >= 15 is 0 Å². The number of halogens is 1. The van der Waals surface area contributed by atoms with Crippen LogP contribution in [0.1, 0.15) is 31.9 Å². The summed E-state index contributed by atoms with van der Waals surface area (Å²) in [7, 11) is 0. The third-order valence-electron chi connectivity index (χ3n) is 2.19. The average molecular weight is 226 g/mol. The van der Waals surface area contributed by atoms with E-state index in [9.17, 15) is 9.18 Å². The van der Waals surface area contributed by atoms with Crippen molar-refractivity contribution in [1.82, 2.24) is 0 Å². The molecule has 0 saturated carbocycles. The first-order chi connectivity index (χ1) is 7.29. The largest absolute Gasteiger partial charge is 0.506 e. The Balaban J connectivity index is 2.94. The van der Waals surface area contributed by atoms with Gasteiger partial charge in [0.2, 0.25) is 0 Å². The van der Waals surface area contributed by atoms with Crippen LogP contribution in [0.5, 0.6) is 0 Å². The number of rotatable bonds is 2. The van der Waals surface area contributed by atoms with Gasteiger partial charge in [-0.25, -0.2) is 9.18 Å². The lowest BCUT2D eigenvalue weighted by Gasteiger charge is -2.19. The smallest absolute Gasteiger partial charge is 0.450 e. The molecule has 1 rings (SSSR count). The molecule has 0 spiro atoms. The molecule has 1 N–H and O–H groups in total. The monoisotopic (exact) mass is 226 g/mol. The van der Waals surface area contributed by atoms with E-state index in [0.29, 0.717) is 5.56 Å². The predicted molar refractivity (Wildman–Crippen MR) is 57.9 cm³/mol. The molecule has 0 heterocycles. The fourth-order valence-corrected chi connectivity index (χ4v) is 1.31. The topological polar surface area (TPSA) is 46.5 Å². The Morgan fingerprint density at radius 2 is 2.00 bits per heavy atom. The highest BCUT2D eigenvalue weighted by Crippen LogP contribution is 2.24. The lowest BCUT2D eigenvalue weighted by Crippen LogP contribution is -2.12. The molecule has 1 aromatic carbocycles. The highest BCUT2D eigenvalue weighted by atomic mass is 19.1. The van der Waals surface area contributed by atoms with Crippen LogP contribution >= 0.6 is 0 Å². The third-order valence-corrected chi connectivity index (χ3v) is 2.19. The molecule has 0 atom stereocenters.